The Bertz CT molecular complexity index is 441. The summed E-state index contributed by atoms with van der Waals surface area (Å²) in [7, 11) is 0. The topological polar surface area (TPSA) is 81.2 Å². The summed E-state index contributed by atoms with van der Waals surface area (Å²) in [6.07, 6.45) is 0.873. The van der Waals surface area contributed by atoms with E-state index in [1.165, 1.54) is 0 Å². The second kappa shape index (κ2) is 4.29. The molecule has 0 spiro atoms. The van der Waals surface area contributed by atoms with Crippen LogP contribution in [-0.4, -0.2) is 39.4 Å². The molecule has 1 unspecified atom stereocenters. The van der Waals surface area contributed by atoms with Gasteiger partial charge in [0.2, 0.25) is 0 Å². The normalized spacial score (nSPS) is 12.9. The Hall–Kier alpha value is -1.59. The van der Waals surface area contributed by atoms with E-state index >= 15 is 0 Å². The fourth-order valence-electron chi connectivity index (χ4n) is 1.40. The van der Waals surface area contributed by atoms with Crippen molar-refractivity contribution in [3.63, 3.8) is 0 Å². The van der Waals surface area contributed by atoms with E-state index in [2.05, 4.69) is 15.3 Å². The number of hydrogen-bond donors (Lipinski definition) is 4. The summed E-state index contributed by atoms with van der Waals surface area (Å²) >= 11 is 0. The van der Waals surface area contributed by atoms with Crippen molar-refractivity contribution in [3.8, 4) is 0 Å². The Kier molecular flexibility index (Phi) is 2.84. The zero-order valence-electron chi connectivity index (χ0n) is 8.14. The highest BCUT2D eigenvalue weighted by Crippen LogP contribution is 2.19. The lowest BCUT2D eigenvalue weighted by Crippen LogP contribution is -2.22. The Labute approximate surface area is 86.8 Å². The van der Waals surface area contributed by atoms with Crippen molar-refractivity contribution in [2.45, 2.75) is 6.10 Å². The molecule has 15 heavy (non-hydrogen) atoms. The van der Waals surface area contributed by atoms with Gasteiger partial charge in [0.05, 0.1) is 30.2 Å². The second-order valence-corrected chi connectivity index (χ2v) is 3.32. The van der Waals surface area contributed by atoms with Crippen LogP contribution in [0.15, 0.2) is 24.5 Å². The van der Waals surface area contributed by atoms with E-state index in [0.717, 1.165) is 16.7 Å². The zero-order valence-corrected chi connectivity index (χ0v) is 8.14. The van der Waals surface area contributed by atoms with Gasteiger partial charge in [-0.15, -0.1) is 0 Å². The van der Waals surface area contributed by atoms with E-state index < -0.39 is 6.10 Å². The van der Waals surface area contributed by atoms with E-state index in [0.29, 0.717) is 6.54 Å². The third-order valence-corrected chi connectivity index (χ3v) is 2.19. The third-order valence-electron chi connectivity index (χ3n) is 2.19. The van der Waals surface area contributed by atoms with Crippen molar-refractivity contribution in [1.82, 2.24) is 9.97 Å². The number of imidazole rings is 1. The number of aromatic amines is 1. The summed E-state index contributed by atoms with van der Waals surface area (Å²) in [4.78, 5) is 7.16. The molecule has 2 aromatic rings. The van der Waals surface area contributed by atoms with Gasteiger partial charge in [0.15, 0.2) is 0 Å². The second-order valence-electron chi connectivity index (χ2n) is 3.32. The first kappa shape index (κ1) is 9.95. The quantitative estimate of drug-likeness (QED) is 0.582. The summed E-state index contributed by atoms with van der Waals surface area (Å²) in [6.45, 7) is 0.0615. The number of rotatable bonds is 4. The lowest BCUT2D eigenvalue weighted by atomic mass is 10.2. The standard InChI is InChI=1S/C10H13N3O2/c14-5-7(15)4-11-8-2-1-3-9-10(8)13-6-12-9/h1-3,6-7,11,14-15H,4-5H2,(H,12,13). The first-order valence-electron chi connectivity index (χ1n) is 4.76. The molecule has 5 heteroatoms. The Morgan fingerprint density at radius 3 is 3.13 bits per heavy atom. The molecule has 0 aliphatic carbocycles. The molecule has 1 atom stereocenters. The highest BCUT2D eigenvalue weighted by Gasteiger charge is 2.05. The lowest BCUT2D eigenvalue weighted by molar-refractivity contribution is 0.105. The monoisotopic (exact) mass is 207 g/mol. The lowest BCUT2D eigenvalue weighted by Gasteiger charge is -2.10. The molecule has 4 N–H and O–H groups in total. The van der Waals surface area contributed by atoms with Gasteiger partial charge in [-0.1, -0.05) is 6.07 Å². The van der Waals surface area contributed by atoms with Crippen LogP contribution in [-0.2, 0) is 0 Å². The van der Waals surface area contributed by atoms with Gasteiger partial charge >= 0.3 is 0 Å². The molecular formula is C10H13N3O2. The highest BCUT2D eigenvalue weighted by atomic mass is 16.3. The maximum atomic E-state index is 9.20. The van der Waals surface area contributed by atoms with Crippen LogP contribution in [0.3, 0.4) is 0 Å². The minimum Gasteiger partial charge on any atom is -0.394 e. The van der Waals surface area contributed by atoms with Crippen LogP contribution < -0.4 is 5.32 Å². The van der Waals surface area contributed by atoms with Crippen molar-refractivity contribution in [2.24, 2.45) is 0 Å². The van der Waals surface area contributed by atoms with E-state index in [9.17, 15) is 5.11 Å². The number of nitrogens with one attached hydrogen (secondary N) is 2. The molecule has 0 saturated carbocycles. The molecule has 0 aliphatic rings. The molecule has 1 heterocycles. The summed E-state index contributed by atoms with van der Waals surface area (Å²) in [5, 5.41) is 20.9. The van der Waals surface area contributed by atoms with Gasteiger partial charge < -0.3 is 20.5 Å². The molecule has 0 amide bonds. The number of benzene rings is 1. The molecule has 2 rings (SSSR count). The maximum Gasteiger partial charge on any atom is 0.111 e. The summed E-state index contributed by atoms with van der Waals surface area (Å²) in [6, 6.07) is 5.71. The molecule has 0 saturated heterocycles. The van der Waals surface area contributed by atoms with Crippen molar-refractivity contribution in [3.05, 3.63) is 24.5 Å². The van der Waals surface area contributed by atoms with Gasteiger partial charge in [0.1, 0.15) is 5.52 Å². The smallest absolute Gasteiger partial charge is 0.111 e. The molecule has 0 aliphatic heterocycles. The van der Waals surface area contributed by atoms with Gasteiger partial charge in [-0.2, -0.15) is 0 Å². The van der Waals surface area contributed by atoms with Crippen LogP contribution in [0.1, 0.15) is 0 Å². The molecule has 1 aromatic carbocycles. The minimum absolute atomic E-state index is 0.246. The molecule has 0 radical (unpaired) electrons. The SMILES string of the molecule is OCC(O)CNc1cccc2[nH]cnc12. The molecular weight excluding hydrogens is 194 g/mol. The first-order chi connectivity index (χ1) is 7.31. The average Bonchev–Trinajstić information content (AvgIpc) is 2.74. The van der Waals surface area contributed by atoms with Gasteiger partial charge in [-0.25, -0.2) is 4.98 Å². The van der Waals surface area contributed by atoms with Crippen molar-refractivity contribution in [2.75, 3.05) is 18.5 Å². The van der Waals surface area contributed by atoms with E-state index in [1.54, 1.807) is 6.33 Å². The zero-order chi connectivity index (χ0) is 10.7. The highest BCUT2D eigenvalue weighted by molar-refractivity contribution is 5.87. The van der Waals surface area contributed by atoms with Gasteiger partial charge in [-0.05, 0) is 12.1 Å². The number of H-pyrrole nitrogens is 1. The maximum absolute atomic E-state index is 9.20. The van der Waals surface area contributed by atoms with E-state index in [-0.39, 0.29) is 6.61 Å². The summed E-state index contributed by atoms with van der Waals surface area (Å²) in [5.41, 5.74) is 2.63. The van der Waals surface area contributed by atoms with Crippen LogP contribution in [0.2, 0.25) is 0 Å². The predicted octanol–water partition coefficient (Wildman–Crippen LogP) is 0.328. The van der Waals surface area contributed by atoms with Crippen LogP contribution >= 0.6 is 0 Å². The van der Waals surface area contributed by atoms with Crippen LogP contribution in [0.5, 0.6) is 0 Å². The van der Waals surface area contributed by atoms with Gasteiger partial charge in [0, 0.05) is 6.54 Å². The van der Waals surface area contributed by atoms with E-state index in [1.807, 2.05) is 18.2 Å². The van der Waals surface area contributed by atoms with Crippen molar-refractivity contribution in [1.29, 1.82) is 0 Å². The fourth-order valence-corrected chi connectivity index (χ4v) is 1.40. The number of aliphatic hydroxyl groups excluding tert-OH is 2. The first-order valence-corrected chi connectivity index (χ1v) is 4.76. The van der Waals surface area contributed by atoms with Gasteiger partial charge in [-0.3, -0.25) is 0 Å². The number of fused-ring (bicyclic) bond motifs is 1. The van der Waals surface area contributed by atoms with Gasteiger partial charge in [0.25, 0.3) is 0 Å². The molecule has 0 bridgehead atoms. The number of hydrogen-bond acceptors (Lipinski definition) is 4. The Morgan fingerprint density at radius 2 is 2.33 bits per heavy atom. The Balaban J connectivity index is 2.17. The number of anilines is 1. The number of para-hydroxylation sites is 1. The number of aliphatic hydroxyl groups is 2. The molecule has 80 valence electrons. The average molecular weight is 207 g/mol. The molecule has 0 fully saturated rings. The Morgan fingerprint density at radius 1 is 1.47 bits per heavy atom. The number of aromatic nitrogens is 2. The summed E-state index contributed by atoms with van der Waals surface area (Å²) in [5.74, 6) is 0. The number of nitrogens with zero attached hydrogens (tertiary/aromatic N) is 1. The fraction of sp³-hybridized carbons (Fsp3) is 0.300. The molecule has 5 nitrogen and oxygen atoms in total. The largest absolute Gasteiger partial charge is 0.394 e. The van der Waals surface area contributed by atoms with Crippen molar-refractivity contribution < 1.29 is 10.2 Å². The minimum atomic E-state index is -0.751. The van der Waals surface area contributed by atoms with Crippen LogP contribution in [0, 0.1) is 0 Å². The third kappa shape index (κ3) is 2.08. The van der Waals surface area contributed by atoms with Crippen LogP contribution in [0.4, 0.5) is 5.69 Å². The van der Waals surface area contributed by atoms with Crippen LogP contribution in [0.25, 0.3) is 11.0 Å². The summed E-state index contributed by atoms with van der Waals surface area (Å²) < 4.78 is 0. The van der Waals surface area contributed by atoms with Crippen molar-refractivity contribution >= 4 is 16.7 Å². The van der Waals surface area contributed by atoms with E-state index in [4.69, 9.17) is 5.11 Å². The predicted molar refractivity (Wildman–Crippen MR) is 57.7 cm³/mol. The molecule has 1 aromatic heterocycles.